The summed E-state index contributed by atoms with van der Waals surface area (Å²) < 4.78 is 1.63. The van der Waals surface area contributed by atoms with Gasteiger partial charge < -0.3 is 30.8 Å². The molecule has 0 spiro atoms. The number of rotatable bonds is 12. The van der Waals surface area contributed by atoms with Gasteiger partial charge >= 0.3 is 0 Å². The van der Waals surface area contributed by atoms with Crippen LogP contribution < -0.4 is 20.8 Å². The van der Waals surface area contributed by atoms with E-state index in [1.54, 1.807) is 22.9 Å². The number of piperidine rings is 1. The number of amides is 4. The molecule has 3 heterocycles. The summed E-state index contributed by atoms with van der Waals surface area (Å²) in [6.07, 6.45) is 8.40. The van der Waals surface area contributed by atoms with Crippen LogP contribution in [0.1, 0.15) is 90.5 Å². The van der Waals surface area contributed by atoms with Crippen LogP contribution in [0.3, 0.4) is 0 Å². The fourth-order valence-electron chi connectivity index (χ4n) is 6.46. The number of unbranched alkanes of at least 4 members (excludes halogenated alkanes) is 2. The molecule has 1 aromatic heterocycles. The van der Waals surface area contributed by atoms with Gasteiger partial charge in [-0.2, -0.15) is 4.73 Å². The molecular formula is C34H51N5O6. The maximum Gasteiger partial charge on any atom is 0.246 e. The van der Waals surface area contributed by atoms with E-state index in [1.807, 2.05) is 45.0 Å². The second kappa shape index (κ2) is 16.1. The average molecular weight is 626 g/mol. The van der Waals surface area contributed by atoms with Crippen molar-refractivity contribution in [3.63, 3.8) is 0 Å². The number of aliphatic hydroxyl groups excluding tert-OH is 1. The number of para-hydroxylation sites is 1. The number of aliphatic hydroxyl groups is 1. The Kier molecular flexibility index (Phi) is 12.3. The first-order chi connectivity index (χ1) is 21.7. The predicted octanol–water partition coefficient (Wildman–Crippen LogP) is 2.86. The van der Waals surface area contributed by atoms with Gasteiger partial charge in [-0.3, -0.25) is 19.2 Å². The van der Waals surface area contributed by atoms with E-state index in [-0.39, 0.29) is 30.3 Å². The Morgan fingerprint density at radius 3 is 2.40 bits per heavy atom. The maximum absolute atomic E-state index is 14.0. The SMILES string of the molecule is CC[C@H](O)CCCCC[C@@H]1NC(=O)[C@H]2CCCCN2C(=O)[C@@H]([C@@H](C)CC)NC(=O)[C@H](Cc2cn(OC)c3ccccc23)NC1=O. The minimum atomic E-state index is -0.997. The second-order valence-electron chi connectivity index (χ2n) is 12.6. The van der Waals surface area contributed by atoms with E-state index in [0.717, 1.165) is 42.1 Å². The van der Waals surface area contributed by atoms with Crippen LogP contribution in [0.2, 0.25) is 0 Å². The summed E-state index contributed by atoms with van der Waals surface area (Å²) in [7, 11) is 1.56. The van der Waals surface area contributed by atoms with Crippen LogP contribution in [0.4, 0.5) is 0 Å². The van der Waals surface area contributed by atoms with Crippen LogP contribution in [-0.2, 0) is 25.6 Å². The third-order valence-corrected chi connectivity index (χ3v) is 9.51. The molecule has 0 unspecified atom stereocenters. The Balaban J connectivity index is 1.66. The molecule has 2 fully saturated rings. The summed E-state index contributed by atoms with van der Waals surface area (Å²) in [6, 6.07) is 4.28. The zero-order valence-electron chi connectivity index (χ0n) is 27.2. The fraction of sp³-hybridized carbons (Fsp3) is 0.647. The molecule has 4 rings (SSSR count). The summed E-state index contributed by atoms with van der Waals surface area (Å²) in [4.78, 5) is 62.8. The summed E-state index contributed by atoms with van der Waals surface area (Å²) in [6.45, 7) is 6.26. The van der Waals surface area contributed by atoms with Gasteiger partial charge in [0, 0.05) is 24.5 Å². The van der Waals surface area contributed by atoms with Crippen molar-refractivity contribution < 1.29 is 29.1 Å². The molecule has 6 atom stereocenters. The molecule has 248 valence electrons. The van der Waals surface area contributed by atoms with Crippen molar-refractivity contribution in [1.29, 1.82) is 0 Å². The van der Waals surface area contributed by atoms with E-state index < -0.39 is 36.0 Å². The minimum Gasteiger partial charge on any atom is -0.417 e. The lowest BCUT2D eigenvalue weighted by Gasteiger charge is -2.39. The van der Waals surface area contributed by atoms with Crippen molar-refractivity contribution in [3.05, 3.63) is 36.0 Å². The standard InChI is InChI=1S/C34H51N5O6/c1-5-22(3)30-34(44)38-19-13-12-18-29(38)33(43)35-26(16-9-7-8-14-24(40)6-2)31(41)36-27(32(42)37-30)20-23-21-39(45-4)28-17-11-10-15-25(23)28/h10-11,15,17,21-22,24,26-27,29-30,40H,5-9,12-14,16,18-20H2,1-4H3,(H,35,43)(H,36,41)(H,37,42)/t22-,24-,26-,27-,29+,30+/m0/s1. The van der Waals surface area contributed by atoms with Gasteiger partial charge in [-0.15, -0.1) is 0 Å². The third-order valence-electron chi connectivity index (χ3n) is 9.51. The van der Waals surface area contributed by atoms with Crippen molar-refractivity contribution in [3.8, 4) is 0 Å². The third kappa shape index (κ3) is 8.36. The summed E-state index contributed by atoms with van der Waals surface area (Å²) in [5.41, 5.74) is 1.63. The van der Waals surface area contributed by atoms with Crippen molar-refractivity contribution >= 4 is 34.5 Å². The van der Waals surface area contributed by atoms with E-state index in [4.69, 9.17) is 4.84 Å². The first-order valence-corrected chi connectivity index (χ1v) is 16.7. The lowest BCUT2D eigenvalue weighted by atomic mass is 9.93. The van der Waals surface area contributed by atoms with Crippen molar-refractivity contribution in [2.45, 2.75) is 122 Å². The molecule has 4 N–H and O–H groups in total. The zero-order valence-corrected chi connectivity index (χ0v) is 27.2. The van der Waals surface area contributed by atoms with Crippen molar-refractivity contribution in [1.82, 2.24) is 25.6 Å². The predicted molar refractivity (Wildman–Crippen MR) is 172 cm³/mol. The maximum atomic E-state index is 14.0. The zero-order chi connectivity index (χ0) is 32.5. The van der Waals surface area contributed by atoms with Gasteiger partial charge in [0.2, 0.25) is 23.6 Å². The normalized spacial score (nSPS) is 24.5. The van der Waals surface area contributed by atoms with Crippen LogP contribution in [0.5, 0.6) is 0 Å². The van der Waals surface area contributed by atoms with Crippen molar-refractivity contribution in [2.75, 3.05) is 13.7 Å². The number of nitrogens with one attached hydrogen (secondary N) is 3. The smallest absolute Gasteiger partial charge is 0.246 e. The number of carbonyl (C=O) groups excluding carboxylic acids is 4. The Morgan fingerprint density at radius 1 is 0.933 bits per heavy atom. The van der Waals surface area contributed by atoms with Crippen LogP contribution >= 0.6 is 0 Å². The first kappa shape index (κ1) is 34.3. The highest BCUT2D eigenvalue weighted by molar-refractivity contribution is 5.98. The minimum absolute atomic E-state index is 0.164. The molecule has 1 aromatic carbocycles. The molecule has 0 saturated carbocycles. The van der Waals surface area contributed by atoms with E-state index in [2.05, 4.69) is 16.0 Å². The highest BCUT2D eigenvalue weighted by atomic mass is 16.6. The monoisotopic (exact) mass is 625 g/mol. The molecule has 11 heteroatoms. The summed E-state index contributed by atoms with van der Waals surface area (Å²) >= 11 is 0. The number of benzene rings is 1. The topological polar surface area (TPSA) is 142 Å². The van der Waals surface area contributed by atoms with Crippen LogP contribution in [0, 0.1) is 5.92 Å². The van der Waals surface area contributed by atoms with E-state index in [9.17, 15) is 24.3 Å². The van der Waals surface area contributed by atoms with Gasteiger partial charge in [0.15, 0.2) is 0 Å². The molecule has 0 radical (unpaired) electrons. The molecule has 2 aliphatic rings. The van der Waals surface area contributed by atoms with Gasteiger partial charge in [-0.05, 0) is 56.1 Å². The highest BCUT2D eigenvalue weighted by Gasteiger charge is 2.40. The second-order valence-corrected chi connectivity index (χ2v) is 12.6. The molecule has 0 aliphatic carbocycles. The van der Waals surface area contributed by atoms with Gasteiger partial charge in [0.25, 0.3) is 0 Å². The van der Waals surface area contributed by atoms with Gasteiger partial charge in [0.1, 0.15) is 31.3 Å². The quantitative estimate of drug-likeness (QED) is 0.267. The number of aromatic nitrogens is 1. The molecule has 4 amide bonds. The molecule has 2 aliphatic heterocycles. The Hall–Kier alpha value is -3.60. The number of carbonyl (C=O) groups is 4. The Bertz CT molecular complexity index is 1330. The van der Waals surface area contributed by atoms with Gasteiger partial charge in [-0.25, -0.2) is 0 Å². The summed E-state index contributed by atoms with van der Waals surface area (Å²) in [5.74, 6) is -1.64. The number of hydrogen-bond acceptors (Lipinski definition) is 6. The molecule has 11 nitrogen and oxygen atoms in total. The molecule has 2 aromatic rings. The molecule has 45 heavy (non-hydrogen) atoms. The van der Waals surface area contributed by atoms with Crippen LogP contribution in [-0.4, -0.2) is 82.3 Å². The average Bonchev–Trinajstić information content (AvgIpc) is 3.41. The lowest BCUT2D eigenvalue weighted by Crippen LogP contribution is -2.64. The lowest BCUT2D eigenvalue weighted by molar-refractivity contribution is -0.147. The van der Waals surface area contributed by atoms with E-state index >= 15 is 0 Å². The van der Waals surface area contributed by atoms with E-state index in [1.165, 1.54) is 0 Å². The van der Waals surface area contributed by atoms with E-state index in [0.29, 0.717) is 45.1 Å². The number of hydrogen-bond donors (Lipinski definition) is 4. The molecule has 2 saturated heterocycles. The molecular weight excluding hydrogens is 574 g/mol. The fourth-order valence-corrected chi connectivity index (χ4v) is 6.46. The number of nitrogens with zero attached hydrogens (tertiary/aromatic N) is 2. The van der Waals surface area contributed by atoms with Gasteiger partial charge in [-0.1, -0.05) is 64.7 Å². The van der Waals surface area contributed by atoms with Crippen LogP contribution in [0.15, 0.2) is 30.5 Å². The highest BCUT2D eigenvalue weighted by Crippen LogP contribution is 2.24. The number of fused-ring (bicyclic) bond motifs is 2. The molecule has 0 bridgehead atoms. The Morgan fingerprint density at radius 2 is 1.67 bits per heavy atom. The summed E-state index contributed by atoms with van der Waals surface area (Å²) in [5, 5.41) is 19.7. The first-order valence-electron chi connectivity index (χ1n) is 16.7. The van der Waals surface area contributed by atoms with Crippen LogP contribution in [0.25, 0.3) is 10.9 Å². The Labute approximate surface area is 266 Å². The van der Waals surface area contributed by atoms with Crippen molar-refractivity contribution in [2.24, 2.45) is 5.92 Å². The largest absolute Gasteiger partial charge is 0.417 e. The van der Waals surface area contributed by atoms with Gasteiger partial charge in [0.05, 0.1) is 11.6 Å².